The number of amides is 3. The average Bonchev–Trinajstić information content (AvgIpc) is 3.27. The van der Waals surface area contributed by atoms with E-state index in [0.29, 0.717) is 17.1 Å². The minimum atomic E-state index is -0.680. The molecule has 8 nitrogen and oxygen atoms in total. The van der Waals surface area contributed by atoms with Crippen LogP contribution in [0.25, 0.3) is 0 Å². The minimum Gasteiger partial charge on any atom is -0.479 e. The van der Waals surface area contributed by atoms with Crippen LogP contribution in [-0.2, 0) is 9.59 Å². The lowest BCUT2D eigenvalue weighted by Gasteiger charge is -2.35. The molecular weight excluding hydrogens is 374 g/mol. The maximum Gasteiger partial charge on any atom is 0.291 e. The lowest BCUT2D eigenvalue weighted by molar-refractivity contribution is -0.133. The van der Waals surface area contributed by atoms with E-state index in [1.165, 1.54) is 11.2 Å². The van der Waals surface area contributed by atoms with Crippen LogP contribution in [0.3, 0.4) is 0 Å². The average molecular weight is 397 g/mol. The fourth-order valence-corrected chi connectivity index (χ4v) is 3.63. The highest BCUT2D eigenvalue weighted by molar-refractivity contribution is 6.06. The van der Waals surface area contributed by atoms with Gasteiger partial charge in [-0.1, -0.05) is 0 Å². The van der Waals surface area contributed by atoms with E-state index in [1.54, 1.807) is 42.2 Å². The number of nitrogens with one attached hydrogen (secondary N) is 1. The molecule has 3 amide bonds. The molecule has 2 aliphatic heterocycles. The van der Waals surface area contributed by atoms with Gasteiger partial charge in [0, 0.05) is 18.8 Å². The van der Waals surface area contributed by atoms with Gasteiger partial charge < -0.3 is 19.4 Å². The van der Waals surface area contributed by atoms with Crippen LogP contribution < -0.4 is 15.0 Å². The van der Waals surface area contributed by atoms with Gasteiger partial charge in [-0.05, 0) is 56.5 Å². The first kappa shape index (κ1) is 19.0. The minimum absolute atomic E-state index is 0.0465. The van der Waals surface area contributed by atoms with Gasteiger partial charge in [-0.15, -0.1) is 0 Å². The van der Waals surface area contributed by atoms with Crippen LogP contribution >= 0.6 is 0 Å². The number of hydrogen-bond acceptors (Lipinski definition) is 5. The van der Waals surface area contributed by atoms with E-state index in [-0.39, 0.29) is 24.1 Å². The summed E-state index contributed by atoms with van der Waals surface area (Å²) < 4.78 is 10.8. The number of rotatable bonds is 4. The van der Waals surface area contributed by atoms with Crippen LogP contribution in [-0.4, -0.2) is 48.4 Å². The number of anilines is 2. The number of likely N-dealkylation sites (tertiary alicyclic amines) is 1. The third kappa shape index (κ3) is 3.96. The van der Waals surface area contributed by atoms with Crippen LogP contribution in [0.4, 0.5) is 11.4 Å². The Labute approximate surface area is 168 Å². The number of nitrogens with zero attached hydrogens (tertiary/aromatic N) is 2. The van der Waals surface area contributed by atoms with Crippen LogP contribution in [0.1, 0.15) is 36.7 Å². The van der Waals surface area contributed by atoms with Crippen LogP contribution in [0.2, 0.25) is 0 Å². The van der Waals surface area contributed by atoms with Crippen molar-refractivity contribution in [2.75, 3.05) is 29.9 Å². The SMILES string of the molecule is CC1Oc2ccc(NC(=O)c3ccco3)cc2N(CC(=O)N2CCCCC2)C1=O. The zero-order chi connectivity index (χ0) is 20.4. The van der Waals surface area contributed by atoms with E-state index in [0.717, 1.165) is 32.4 Å². The summed E-state index contributed by atoms with van der Waals surface area (Å²) in [7, 11) is 0. The fourth-order valence-electron chi connectivity index (χ4n) is 3.63. The van der Waals surface area contributed by atoms with Crippen LogP contribution in [0.5, 0.6) is 5.75 Å². The molecule has 1 aromatic carbocycles. The molecule has 4 rings (SSSR count). The standard InChI is InChI=1S/C21H23N3O5/c1-14-21(27)24(13-19(25)23-9-3-2-4-10-23)16-12-15(7-8-17(16)29-14)22-20(26)18-6-5-11-28-18/h5-8,11-12,14H,2-4,9-10,13H2,1H3,(H,22,26). The quantitative estimate of drug-likeness (QED) is 0.856. The van der Waals surface area contributed by atoms with Crippen molar-refractivity contribution < 1.29 is 23.5 Å². The molecule has 152 valence electrons. The summed E-state index contributed by atoms with van der Waals surface area (Å²) >= 11 is 0. The highest BCUT2D eigenvalue weighted by Crippen LogP contribution is 2.36. The third-order valence-corrected chi connectivity index (χ3v) is 5.17. The molecule has 0 saturated carbocycles. The fraction of sp³-hybridized carbons (Fsp3) is 0.381. The Balaban J connectivity index is 1.57. The van der Waals surface area contributed by atoms with Gasteiger partial charge >= 0.3 is 0 Å². The lowest BCUT2D eigenvalue weighted by atomic mass is 10.1. The summed E-state index contributed by atoms with van der Waals surface area (Å²) in [6, 6.07) is 8.21. The molecule has 0 radical (unpaired) electrons. The third-order valence-electron chi connectivity index (χ3n) is 5.17. The lowest BCUT2D eigenvalue weighted by Crippen LogP contribution is -2.50. The van der Waals surface area contributed by atoms with Gasteiger partial charge in [0.1, 0.15) is 12.3 Å². The summed E-state index contributed by atoms with van der Waals surface area (Å²) in [5.41, 5.74) is 0.947. The summed E-state index contributed by atoms with van der Waals surface area (Å²) in [6.45, 7) is 3.06. The molecule has 0 bridgehead atoms. The molecule has 1 unspecified atom stereocenters. The highest BCUT2D eigenvalue weighted by Gasteiger charge is 2.34. The van der Waals surface area contributed by atoms with E-state index in [9.17, 15) is 14.4 Å². The number of piperidine rings is 1. The van der Waals surface area contributed by atoms with E-state index in [1.807, 2.05) is 0 Å². The smallest absolute Gasteiger partial charge is 0.291 e. The number of benzene rings is 1. The topological polar surface area (TPSA) is 92.1 Å². The maximum atomic E-state index is 12.8. The molecule has 1 N–H and O–H groups in total. The van der Waals surface area contributed by atoms with Gasteiger partial charge in [0.05, 0.1) is 12.0 Å². The maximum absolute atomic E-state index is 12.8. The van der Waals surface area contributed by atoms with Crippen molar-refractivity contribution in [3.63, 3.8) is 0 Å². The first-order valence-electron chi connectivity index (χ1n) is 9.77. The number of fused-ring (bicyclic) bond motifs is 1. The molecule has 2 aliphatic rings. The highest BCUT2D eigenvalue weighted by atomic mass is 16.5. The Morgan fingerprint density at radius 1 is 1.17 bits per heavy atom. The Morgan fingerprint density at radius 2 is 1.97 bits per heavy atom. The number of hydrogen-bond donors (Lipinski definition) is 1. The van der Waals surface area contributed by atoms with Crippen molar-refractivity contribution in [1.82, 2.24) is 4.90 Å². The predicted octanol–water partition coefficient (Wildman–Crippen LogP) is 2.66. The number of carbonyl (C=O) groups is 3. The first-order valence-corrected chi connectivity index (χ1v) is 9.77. The van der Waals surface area contributed by atoms with E-state index < -0.39 is 12.0 Å². The Bertz CT molecular complexity index is 918. The van der Waals surface area contributed by atoms with Gasteiger partial charge in [-0.3, -0.25) is 19.3 Å². The van der Waals surface area contributed by atoms with Crippen LogP contribution in [0, 0.1) is 0 Å². The molecule has 1 aromatic heterocycles. The summed E-state index contributed by atoms with van der Waals surface area (Å²) in [4.78, 5) is 41.0. The molecule has 3 heterocycles. The second-order valence-electron chi connectivity index (χ2n) is 7.24. The zero-order valence-corrected chi connectivity index (χ0v) is 16.2. The largest absolute Gasteiger partial charge is 0.479 e. The van der Waals surface area contributed by atoms with E-state index in [4.69, 9.17) is 9.15 Å². The summed E-state index contributed by atoms with van der Waals surface area (Å²) in [6.07, 6.45) is 3.83. The van der Waals surface area contributed by atoms with Gasteiger partial charge in [0.2, 0.25) is 5.91 Å². The van der Waals surface area contributed by atoms with E-state index >= 15 is 0 Å². The molecule has 1 fully saturated rings. The molecule has 1 saturated heterocycles. The van der Waals surface area contributed by atoms with Crippen molar-refractivity contribution in [3.8, 4) is 5.75 Å². The molecule has 1 atom stereocenters. The molecule has 0 aliphatic carbocycles. The molecule has 2 aromatic rings. The van der Waals surface area contributed by atoms with Crippen LogP contribution in [0.15, 0.2) is 41.0 Å². The van der Waals surface area contributed by atoms with Crippen molar-refractivity contribution in [2.45, 2.75) is 32.3 Å². The monoisotopic (exact) mass is 397 g/mol. The van der Waals surface area contributed by atoms with Gasteiger partial charge in [-0.25, -0.2) is 0 Å². The van der Waals surface area contributed by atoms with Crippen molar-refractivity contribution in [2.24, 2.45) is 0 Å². The number of carbonyl (C=O) groups excluding carboxylic acids is 3. The second-order valence-corrected chi connectivity index (χ2v) is 7.24. The molecule has 8 heteroatoms. The Morgan fingerprint density at radius 3 is 2.69 bits per heavy atom. The van der Waals surface area contributed by atoms with Crippen molar-refractivity contribution in [1.29, 1.82) is 0 Å². The van der Waals surface area contributed by atoms with Gasteiger partial charge in [0.25, 0.3) is 11.8 Å². The summed E-state index contributed by atoms with van der Waals surface area (Å²) in [5.74, 6) is -0.0804. The predicted molar refractivity (Wildman–Crippen MR) is 106 cm³/mol. The van der Waals surface area contributed by atoms with Crippen molar-refractivity contribution >= 4 is 29.1 Å². The number of ether oxygens (including phenoxy) is 1. The van der Waals surface area contributed by atoms with Gasteiger partial charge in [-0.2, -0.15) is 0 Å². The molecule has 0 spiro atoms. The molecular formula is C21H23N3O5. The van der Waals surface area contributed by atoms with Crippen molar-refractivity contribution in [3.05, 3.63) is 42.4 Å². The summed E-state index contributed by atoms with van der Waals surface area (Å²) in [5, 5.41) is 2.74. The molecule has 29 heavy (non-hydrogen) atoms. The Kier molecular flexibility index (Phi) is 5.24. The van der Waals surface area contributed by atoms with E-state index in [2.05, 4.69) is 5.32 Å². The Hall–Kier alpha value is -3.29. The number of furan rings is 1. The zero-order valence-electron chi connectivity index (χ0n) is 16.2. The van der Waals surface area contributed by atoms with Gasteiger partial charge in [0.15, 0.2) is 11.9 Å². The second kappa shape index (κ2) is 7.98. The normalized spacial score (nSPS) is 18.8. The first-order chi connectivity index (χ1) is 14.0.